The Balaban J connectivity index is 1.77. The van der Waals surface area contributed by atoms with Crippen LogP contribution in [0.2, 0.25) is 0 Å². The van der Waals surface area contributed by atoms with E-state index in [1.807, 2.05) is 11.0 Å². The average Bonchev–Trinajstić information content (AvgIpc) is 2.56. The van der Waals surface area contributed by atoms with Gasteiger partial charge in [-0.25, -0.2) is 9.97 Å². The summed E-state index contributed by atoms with van der Waals surface area (Å²) in [5.41, 5.74) is 0. The van der Waals surface area contributed by atoms with Gasteiger partial charge in [-0.1, -0.05) is 13.8 Å². The molecule has 2 rings (SSSR count). The number of hydrogen-bond donors (Lipinski definition) is 0. The maximum atomic E-state index is 12.2. The van der Waals surface area contributed by atoms with Crippen LogP contribution in [0.15, 0.2) is 18.5 Å². The minimum atomic E-state index is 0.260. The van der Waals surface area contributed by atoms with Crippen LogP contribution >= 0.6 is 0 Å². The van der Waals surface area contributed by atoms with Gasteiger partial charge in [-0.05, 0) is 19.2 Å². The Kier molecular flexibility index (Phi) is 5.92. The Morgan fingerprint density at radius 3 is 2.33 bits per heavy atom. The zero-order valence-corrected chi connectivity index (χ0v) is 13.0. The van der Waals surface area contributed by atoms with Crippen molar-refractivity contribution in [3.8, 4) is 0 Å². The minimum Gasteiger partial charge on any atom is -0.339 e. The standard InChI is InChI=1S/C15H25N5O/c1-3-18(4-2)9-6-14(21)19-10-12-20(13-11-19)15-16-7-5-8-17-15/h5,7-8H,3-4,6,9-13H2,1-2H3. The molecule has 6 nitrogen and oxygen atoms in total. The molecule has 1 aliphatic heterocycles. The molecule has 0 N–H and O–H groups in total. The number of amides is 1. The van der Waals surface area contributed by atoms with Gasteiger partial charge in [-0.3, -0.25) is 4.79 Å². The molecular weight excluding hydrogens is 266 g/mol. The van der Waals surface area contributed by atoms with Crippen LogP contribution in [0.3, 0.4) is 0 Å². The number of carbonyl (C=O) groups is 1. The van der Waals surface area contributed by atoms with Crippen molar-refractivity contribution in [3.05, 3.63) is 18.5 Å². The number of nitrogens with zero attached hydrogens (tertiary/aromatic N) is 5. The fraction of sp³-hybridized carbons (Fsp3) is 0.667. The van der Waals surface area contributed by atoms with E-state index in [0.29, 0.717) is 6.42 Å². The second-order valence-electron chi connectivity index (χ2n) is 5.19. The van der Waals surface area contributed by atoms with E-state index in [1.54, 1.807) is 12.4 Å². The van der Waals surface area contributed by atoms with Crippen molar-refractivity contribution < 1.29 is 4.79 Å². The SMILES string of the molecule is CCN(CC)CCC(=O)N1CCN(c2ncccn2)CC1. The Morgan fingerprint density at radius 2 is 1.76 bits per heavy atom. The smallest absolute Gasteiger partial charge is 0.225 e. The molecule has 2 heterocycles. The Hall–Kier alpha value is -1.69. The Bertz CT molecular complexity index is 427. The molecule has 0 unspecified atom stereocenters. The molecule has 1 amide bonds. The third-order valence-electron chi connectivity index (χ3n) is 4.00. The highest BCUT2D eigenvalue weighted by Gasteiger charge is 2.22. The van der Waals surface area contributed by atoms with E-state index in [2.05, 4.69) is 33.6 Å². The van der Waals surface area contributed by atoms with Gasteiger partial charge in [0.2, 0.25) is 11.9 Å². The highest BCUT2D eigenvalue weighted by atomic mass is 16.2. The van der Waals surface area contributed by atoms with Gasteiger partial charge in [0.15, 0.2) is 0 Å². The zero-order valence-electron chi connectivity index (χ0n) is 13.0. The summed E-state index contributed by atoms with van der Waals surface area (Å²) in [5, 5.41) is 0. The van der Waals surface area contributed by atoms with Crippen molar-refractivity contribution in [3.63, 3.8) is 0 Å². The predicted molar refractivity (Wildman–Crippen MR) is 83.2 cm³/mol. The monoisotopic (exact) mass is 291 g/mol. The largest absolute Gasteiger partial charge is 0.339 e. The average molecular weight is 291 g/mol. The van der Waals surface area contributed by atoms with Crippen LogP contribution in [-0.2, 0) is 4.79 Å². The fourth-order valence-electron chi connectivity index (χ4n) is 2.56. The summed E-state index contributed by atoms with van der Waals surface area (Å²) >= 11 is 0. The van der Waals surface area contributed by atoms with Crippen LogP contribution in [-0.4, -0.2) is 71.5 Å². The molecule has 0 radical (unpaired) electrons. The molecule has 116 valence electrons. The van der Waals surface area contributed by atoms with E-state index in [-0.39, 0.29) is 5.91 Å². The first kappa shape index (κ1) is 15.7. The first-order valence-electron chi connectivity index (χ1n) is 7.76. The van der Waals surface area contributed by atoms with E-state index in [4.69, 9.17) is 0 Å². The second-order valence-corrected chi connectivity index (χ2v) is 5.19. The molecule has 0 aliphatic carbocycles. The van der Waals surface area contributed by atoms with Gasteiger partial charge in [0.1, 0.15) is 0 Å². The maximum Gasteiger partial charge on any atom is 0.225 e. The van der Waals surface area contributed by atoms with E-state index in [0.717, 1.165) is 51.8 Å². The summed E-state index contributed by atoms with van der Waals surface area (Å²) in [6.45, 7) is 10.3. The zero-order chi connectivity index (χ0) is 15.1. The first-order chi connectivity index (χ1) is 10.2. The quantitative estimate of drug-likeness (QED) is 0.778. The molecule has 1 fully saturated rings. The van der Waals surface area contributed by atoms with Crippen molar-refractivity contribution in [2.75, 3.05) is 50.7 Å². The molecule has 0 saturated carbocycles. The second kappa shape index (κ2) is 7.93. The molecular formula is C15H25N5O. The van der Waals surface area contributed by atoms with Crippen LogP contribution in [0.4, 0.5) is 5.95 Å². The van der Waals surface area contributed by atoms with Gasteiger partial charge >= 0.3 is 0 Å². The predicted octanol–water partition coefficient (Wildman–Crippen LogP) is 0.857. The summed E-state index contributed by atoms with van der Waals surface area (Å²) in [4.78, 5) is 27.1. The van der Waals surface area contributed by atoms with E-state index >= 15 is 0 Å². The van der Waals surface area contributed by atoms with Gasteiger partial charge in [-0.15, -0.1) is 0 Å². The number of carbonyl (C=O) groups excluding carboxylic acids is 1. The van der Waals surface area contributed by atoms with Crippen LogP contribution in [0.5, 0.6) is 0 Å². The lowest BCUT2D eigenvalue weighted by molar-refractivity contribution is -0.131. The molecule has 1 aromatic rings. The van der Waals surface area contributed by atoms with Gasteiger partial charge in [0.25, 0.3) is 0 Å². The van der Waals surface area contributed by atoms with Gasteiger partial charge in [-0.2, -0.15) is 0 Å². The minimum absolute atomic E-state index is 0.260. The summed E-state index contributed by atoms with van der Waals surface area (Å²) < 4.78 is 0. The maximum absolute atomic E-state index is 12.2. The van der Waals surface area contributed by atoms with Crippen LogP contribution in [0, 0.1) is 0 Å². The van der Waals surface area contributed by atoms with Crippen molar-refractivity contribution in [2.45, 2.75) is 20.3 Å². The topological polar surface area (TPSA) is 52.6 Å². The molecule has 21 heavy (non-hydrogen) atoms. The summed E-state index contributed by atoms with van der Waals surface area (Å²) in [6.07, 6.45) is 4.12. The summed E-state index contributed by atoms with van der Waals surface area (Å²) in [5.74, 6) is 1.02. The summed E-state index contributed by atoms with van der Waals surface area (Å²) in [6, 6.07) is 1.82. The molecule has 1 aliphatic rings. The highest BCUT2D eigenvalue weighted by molar-refractivity contribution is 5.76. The molecule has 6 heteroatoms. The normalized spacial score (nSPS) is 15.6. The molecule has 1 aromatic heterocycles. The number of anilines is 1. The van der Waals surface area contributed by atoms with Crippen LogP contribution in [0.1, 0.15) is 20.3 Å². The number of rotatable bonds is 6. The van der Waals surface area contributed by atoms with Gasteiger partial charge in [0, 0.05) is 51.5 Å². The first-order valence-corrected chi connectivity index (χ1v) is 7.76. The van der Waals surface area contributed by atoms with Crippen molar-refractivity contribution >= 4 is 11.9 Å². The van der Waals surface area contributed by atoms with E-state index in [1.165, 1.54) is 0 Å². The summed E-state index contributed by atoms with van der Waals surface area (Å²) in [7, 11) is 0. The molecule has 0 bridgehead atoms. The van der Waals surface area contributed by atoms with Gasteiger partial charge in [0.05, 0.1) is 0 Å². The number of hydrogen-bond acceptors (Lipinski definition) is 5. The van der Waals surface area contributed by atoms with Crippen LogP contribution < -0.4 is 4.90 Å². The fourth-order valence-corrected chi connectivity index (χ4v) is 2.56. The van der Waals surface area contributed by atoms with Gasteiger partial charge < -0.3 is 14.7 Å². The highest BCUT2D eigenvalue weighted by Crippen LogP contribution is 2.10. The molecule has 0 aromatic carbocycles. The van der Waals surface area contributed by atoms with Crippen molar-refractivity contribution in [1.29, 1.82) is 0 Å². The number of aromatic nitrogens is 2. The van der Waals surface area contributed by atoms with E-state index < -0.39 is 0 Å². The van der Waals surface area contributed by atoms with Crippen LogP contribution in [0.25, 0.3) is 0 Å². The van der Waals surface area contributed by atoms with Crippen molar-refractivity contribution in [2.24, 2.45) is 0 Å². The Labute approximate surface area is 126 Å². The lowest BCUT2D eigenvalue weighted by atomic mass is 10.2. The lowest BCUT2D eigenvalue weighted by Gasteiger charge is -2.35. The third-order valence-corrected chi connectivity index (χ3v) is 4.00. The lowest BCUT2D eigenvalue weighted by Crippen LogP contribution is -2.49. The third kappa shape index (κ3) is 4.39. The van der Waals surface area contributed by atoms with E-state index in [9.17, 15) is 4.79 Å². The molecule has 0 spiro atoms. The number of piperazine rings is 1. The molecule has 0 atom stereocenters. The van der Waals surface area contributed by atoms with Crippen molar-refractivity contribution in [1.82, 2.24) is 19.8 Å². The molecule has 1 saturated heterocycles. The Morgan fingerprint density at radius 1 is 1.14 bits per heavy atom.